The first-order valence-corrected chi connectivity index (χ1v) is 8.78. The summed E-state index contributed by atoms with van der Waals surface area (Å²) in [6.45, 7) is 4.13. The topological polar surface area (TPSA) is 61.1 Å². The van der Waals surface area contributed by atoms with Gasteiger partial charge in [-0.25, -0.2) is 4.79 Å². The van der Waals surface area contributed by atoms with Crippen molar-refractivity contribution in [1.82, 2.24) is 0 Å². The summed E-state index contributed by atoms with van der Waals surface area (Å²) in [5.74, 6) is -1.01. The minimum absolute atomic E-state index is 0.199. The van der Waals surface area contributed by atoms with E-state index in [-0.39, 0.29) is 4.88 Å². The largest absolute Gasteiger partial charge is 0.477 e. The van der Waals surface area contributed by atoms with Gasteiger partial charge in [0.15, 0.2) is 0 Å². The number of carboxylic acid groups (broad SMARTS) is 1. The van der Waals surface area contributed by atoms with Gasteiger partial charge in [-0.05, 0) is 24.1 Å². The summed E-state index contributed by atoms with van der Waals surface area (Å²) >= 11 is 8.61. The molecule has 1 aromatic heterocycles. The van der Waals surface area contributed by atoms with Crippen molar-refractivity contribution in [3.63, 3.8) is 0 Å². The molecule has 0 spiro atoms. The Bertz CT molecular complexity index is 732. The summed E-state index contributed by atoms with van der Waals surface area (Å²) in [6.07, 6.45) is 0.951. The van der Waals surface area contributed by atoms with Crippen molar-refractivity contribution in [3.05, 3.63) is 39.7 Å². The van der Waals surface area contributed by atoms with Gasteiger partial charge in [0.25, 0.3) is 0 Å². The SMILES string of the molecule is CC[C@H](C)Sc1sc(C(=O)O)c(-c2ccc(Cl)cc2)c1C#N. The number of carbonyl (C=O) groups is 1. The number of nitriles is 1. The molecule has 6 heteroatoms. The molecule has 0 aliphatic rings. The molecular weight excluding hydrogens is 338 g/mol. The van der Waals surface area contributed by atoms with E-state index in [2.05, 4.69) is 19.9 Å². The maximum absolute atomic E-state index is 11.6. The second kappa shape index (κ2) is 7.19. The summed E-state index contributed by atoms with van der Waals surface area (Å²) < 4.78 is 0.763. The Balaban J connectivity index is 2.62. The third-order valence-electron chi connectivity index (χ3n) is 3.20. The number of nitrogens with zero attached hydrogens (tertiary/aromatic N) is 1. The molecule has 0 saturated carbocycles. The summed E-state index contributed by atoms with van der Waals surface area (Å²) in [5, 5.41) is 19.9. The fraction of sp³-hybridized carbons (Fsp3) is 0.250. The second-order valence-electron chi connectivity index (χ2n) is 4.73. The van der Waals surface area contributed by atoms with Crippen LogP contribution in [0.4, 0.5) is 0 Å². The quantitative estimate of drug-likeness (QED) is 0.719. The van der Waals surface area contributed by atoms with Gasteiger partial charge < -0.3 is 5.11 Å². The van der Waals surface area contributed by atoms with Gasteiger partial charge in [-0.15, -0.1) is 23.1 Å². The van der Waals surface area contributed by atoms with Crippen molar-refractivity contribution in [2.24, 2.45) is 0 Å². The molecule has 0 radical (unpaired) electrons. The van der Waals surface area contributed by atoms with Gasteiger partial charge in [-0.2, -0.15) is 5.26 Å². The molecule has 22 heavy (non-hydrogen) atoms. The van der Waals surface area contributed by atoms with Gasteiger partial charge in [0.05, 0.1) is 9.77 Å². The molecule has 3 nitrogen and oxygen atoms in total. The highest BCUT2D eigenvalue weighted by molar-refractivity contribution is 8.01. The number of hydrogen-bond donors (Lipinski definition) is 1. The summed E-state index contributed by atoms with van der Waals surface area (Å²) in [5.41, 5.74) is 1.63. The van der Waals surface area contributed by atoms with E-state index in [0.717, 1.165) is 10.6 Å². The van der Waals surface area contributed by atoms with E-state index in [0.29, 0.717) is 27.0 Å². The van der Waals surface area contributed by atoms with Crippen LogP contribution >= 0.6 is 34.7 Å². The lowest BCUT2D eigenvalue weighted by Gasteiger charge is -2.06. The Labute approximate surface area is 142 Å². The molecule has 0 fully saturated rings. The van der Waals surface area contributed by atoms with Crippen LogP contribution in [0.25, 0.3) is 11.1 Å². The van der Waals surface area contributed by atoms with E-state index in [1.54, 1.807) is 36.0 Å². The molecule has 1 heterocycles. The number of thioether (sulfide) groups is 1. The smallest absolute Gasteiger partial charge is 0.346 e. The highest BCUT2D eigenvalue weighted by Crippen LogP contribution is 2.43. The molecule has 0 aliphatic carbocycles. The van der Waals surface area contributed by atoms with Gasteiger partial charge in [0, 0.05) is 15.8 Å². The predicted octanol–water partition coefficient (Wildman–Crippen LogP) is 5.53. The standard InChI is InChI=1S/C16H14ClNO2S2/c1-3-9(2)21-16-12(8-18)13(14(22-16)15(19)20)10-4-6-11(17)7-5-10/h4-7,9H,3H2,1-2H3,(H,19,20)/t9-/m0/s1. The number of hydrogen-bond acceptors (Lipinski definition) is 4. The second-order valence-corrected chi connectivity index (χ2v) is 7.89. The highest BCUT2D eigenvalue weighted by atomic mass is 35.5. The van der Waals surface area contributed by atoms with Gasteiger partial charge in [-0.3, -0.25) is 0 Å². The van der Waals surface area contributed by atoms with Gasteiger partial charge in [0.1, 0.15) is 10.9 Å². The maximum Gasteiger partial charge on any atom is 0.346 e. The molecule has 0 aliphatic heterocycles. The minimum atomic E-state index is -1.01. The van der Waals surface area contributed by atoms with Crippen LogP contribution in [-0.4, -0.2) is 16.3 Å². The lowest BCUT2D eigenvalue weighted by Crippen LogP contribution is -1.95. The number of carboxylic acids is 1. The normalized spacial score (nSPS) is 11.9. The average Bonchev–Trinajstić information content (AvgIpc) is 2.86. The molecule has 0 saturated heterocycles. The molecule has 2 aromatic rings. The van der Waals surface area contributed by atoms with Crippen LogP contribution in [0.5, 0.6) is 0 Å². The van der Waals surface area contributed by atoms with Gasteiger partial charge in [0.2, 0.25) is 0 Å². The monoisotopic (exact) mass is 351 g/mol. The average molecular weight is 352 g/mol. The summed E-state index contributed by atoms with van der Waals surface area (Å²) in [7, 11) is 0. The fourth-order valence-corrected chi connectivity index (χ4v) is 4.61. The van der Waals surface area contributed by atoms with E-state index in [4.69, 9.17) is 11.6 Å². The summed E-state index contributed by atoms with van der Waals surface area (Å²) in [6, 6.07) is 9.06. The van der Waals surface area contributed by atoms with E-state index < -0.39 is 5.97 Å². The first-order valence-electron chi connectivity index (χ1n) is 6.70. The first kappa shape index (κ1) is 16.9. The van der Waals surface area contributed by atoms with Crippen molar-refractivity contribution in [2.45, 2.75) is 29.7 Å². The molecule has 1 N–H and O–H groups in total. The van der Waals surface area contributed by atoms with Gasteiger partial charge >= 0.3 is 5.97 Å². The number of benzene rings is 1. The Morgan fingerprint density at radius 2 is 2.09 bits per heavy atom. The van der Waals surface area contributed by atoms with Crippen molar-refractivity contribution in [3.8, 4) is 17.2 Å². The van der Waals surface area contributed by atoms with Crippen molar-refractivity contribution < 1.29 is 9.90 Å². The third-order valence-corrected chi connectivity index (χ3v) is 6.11. The van der Waals surface area contributed by atoms with Gasteiger partial charge in [-0.1, -0.05) is 37.6 Å². The molecular formula is C16H14ClNO2S2. The molecule has 0 unspecified atom stereocenters. The van der Waals surface area contributed by atoms with Crippen LogP contribution in [0.15, 0.2) is 28.5 Å². The van der Waals surface area contributed by atoms with Crippen LogP contribution < -0.4 is 0 Å². The molecule has 1 aromatic carbocycles. The summed E-state index contributed by atoms with van der Waals surface area (Å²) in [4.78, 5) is 11.8. The lowest BCUT2D eigenvalue weighted by atomic mass is 10.0. The highest BCUT2D eigenvalue weighted by Gasteiger charge is 2.24. The zero-order valence-electron chi connectivity index (χ0n) is 12.1. The van der Waals surface area contributed by atoms with Crippen LogP contribution in [0.3, 0.4) is 0 Å². The molecule has 0 bridgehead atoms. The van der Waals surface area contributed by atoms with Crippen molar-refractivity contribution >= 4 is 40.7 Å². The van der Waals surface area contributed by atoms with Crippen molar-refractivity contribution in [2.75, 3.05) is 0 Å². The molecule has 2 rings (SSSR count). The third kappa shape index (κ3) is 3.46. The van der Waals surface area contributed by atoms with E-state index >= 15 is 0 Å². The van der Waals surface area contributed by atoms with E-state index in [9.17, 15) is 15.2 Å². The number of aromatic carboxylic acids is 1. The van der Waals surface area contributed by atoms with E-state index in [1.807, 2.05) is 0 Å². The minimum Gasteiger partial charge on any atom is -0.477 e. The first-order chi connectivity index (χ1) is 10.5. The van der Waals surface area contributed by atoms with Crippen LogP contribution in [0.2, 0.25) is 5.02 Å². The lowest BCUT2D eigenvalue weighted by molar-refractivity contribution is 0.0703. The van der Waals surface area contributed by atoms with E-state index in [1.165, 1.54) is 11.3 Å². The number of rotatable bonds is 5. The maximum atomic E-state index is 11.6. The Hall–Kier alpha value is -1.48. The number of thiophene rings is 1. The van der Waals surface area contributed by atoms with Crippen LogP contribution in [0.1, 0.15) is 35.5 Å². The van der Waals surface area contributed by atoms with Crippen LogP contribution in [-0.2, 0) is 0 Å². The molecule has 114 valence electrons. The predicted molar refractivity (Wildman–Crippen MR) is 92.0 cm³/mol. The Morgan fingerprint density at radius 3 is 2.59 bits per heavy atom. The fourth-order valence-electron chi connectivity index (χ4n) is 1.90. The Morgan fingerprint density at radius 1 is 1.45 bits per heavy atom. The Kier molecular flexibility index (Phi) is 5.52. The van der Waals surface area contributed by atoms with Crippen molar-refractivity contribution in [1.29, 1.82) is 5.26 Å². The molecule has 0 amide bonds. The zero-order chi connectivity index (χ0) is 16.3. The van der Waals surface area contributed by atoms with Crippen LogP contribution in [0, 0.1) is 11.3 Å². The zero-order valence-corrected chi connectivity index (χ0v) is 14.5. The molecule has 1 atom stereocenters. The number of halogens is 1.